The lowest BCUT2D eigenvalue weighted by molar-refractivity contribution is 1.07. The monoisotopic (exact) mass is 420 g/mol. The number of nitrogens with zero attached hydrogens (tertiary/aromatic N) is 4. The molecule has 5 heteroatoms. The zero-order valence-electron chi connectivity index (χ0n) is 16.5. The van der Waals surface area contributed by atoms with Crippen LogP contribution < -0.4 is 0 Å². The Hall–Kier alpha value is -3.89. The van der Waals surface area contributed by atoms with Gasteiger partial charge in [-0.3, -0.25) is 0 Å². The summed E-state index contributed by atoms with van der Waals surface area (Å²) >= 11 is 6.10. The largest absolute Gasteiger partial charge is 0.245 e. The maximum absolute atomic E-state index is 6.10. The molecule has 0 fully saturated rings. The third kappa shape index (κ3) is 4.20. The van der Waals surface area contributed by atoms with Gasteiger partial charge in [0.05, 0.1) is 0 Å². The van der Waals surface area contributed by atoms with Crippen LogP contribution in [0.1, 0.15) is 0 Å². The topological polar surface area (TPSA) is 51.6 Å². The lowest BCUT2D eigenvalue weighted by atomic mass is 10.0. The highest BCUT2D eigenvalue weighted by Crippen LogP contribution is 2.27. The molecule has 0 bridgehead atoms. The van der Waals surface area contributed by atoms with Gasteiger partial charge < -0.3 is 0 Å². The molecule has 0 saturated heterocycles. The van der Waals surface area contributed by atoms with E-state index in [0.717, 1.165) is 22.3 Å². The predicted octanol–water partition coefficient (Wildman–Crippen LogP) is 6.59. The molecule has 0 unspecified atom stereocenters. The van der Waals surface area contributed by atoms with Gasteiger partial charge in [0.2, 0.25) is 0 Å². The zero-order chi connectivity index (χ0) is 21.0. The van der Waals surface area contributed by atoms with Crippen LogP contribution in [0.2, 0.25) is 5.15 Å². The van der Waals surface area contributed by atoms with Crippen LogP contribution >= 0.6 is 11.6 Å². The molecule has 0 amide bonds. The molecule has 31 heavy (non-hydrogen) atoms. The molecule has 148 valence electrons. The highest BCUT2D eigenvalue weighted by atomic mass is 35.5. The lowest BCUT2D eigenvalue weighted by Crippen LogP contribution is -2.00. The Bertz CT molecular complexity index is 1320. The standard InChI is InChI=1S/C26H17ClN4/c27-23-17-22(15-16-28-23)26-30-24(20-9-5-2-6-10-20)29-25(31-26)21-13-11-19(12-14-21)18-7-3-1-4-8-18/h1-17H. The molecule has 0 aliphatic carbocycles. The van der Waals surface area contributed by atoms with Gasteiger partial charge in [-0.2, -0.15) is 0 Å². The van der Waals surface area contributed by atoms with E-state index < -0.39 is 0 Å². The van der Waals surface area contributed by atoms with Crippen molar-refractivity contribution in [3.05, 3.63) is 108 Å². The third-order valence-electron chi connectivity index (χ3n) is 4.90. The van der Waals surface area contributed by atoms with Crippen molar-refractivity contribution in [1.82, 2.24) is 19.9 Å². The van der Waals surface area contributed by atoms with E-state index in [1.54, 1.807) is 12.3 Å². The van der Waals surface area contributed by atoms with E-state index in [-0.39, 0.29) is 0 Å². The Morgan fingerprint density at radius 3 is 1.48 bits per heavy atom. The average Bonchev–Trinajstić information content (AvgIpc) is 2.85. The number of benzene rings is 3. The first-order valence-corrected chi connectivity index (χ1v) is 10.2. The molecule has 4 nitrogen and oxygen atoms in total. The summed E-state index contributed by atoms with van der Waals surface area (Å²) < 4.78 is 0. The first kappa shape index (κ1) is 19.1. The van der Waals surface area contributed by atoms with Gasteiger partial charge in [-0.15, -0.1) is 0 Å². The van der Waals surface area contributed by atoms with E-state index in [1.165, 1.54) is 5.56 Å². The van der Waals surface area contributed by atoms with Crippen molar-refractivity contribution >= 4 is 11.6 Å². The van der Waals surface area contributed by atoms with Gasteiger partial charge in [-0.1, -0.05) is 96.5 Å². The van der Waals surface area contributed by atoms with Crippen LogP contribution in [0.15, 0.2) is 103 Å². The van der Waals surface area contributed by atoms with Gasteiger partial charge >= 0.3 is 0 Å². The van der Waals surface area contributed by atoms with Gasteiger partial charge in [-0.25, -0.2) is 19.9 Å². The highest BCUT2D eigenvalue weighted by molar-refractivity contribution is 6.29. The minimum atomic E-state index is 0.396. The summed E-state index contributed by atoms with van der Waals surface area (Å²) in [6.07, 6.45) is 1.65. The number of hydrogen-bond donors (Lipinski definition) is 0. The smallest absolute Gasteiger partial charge is 0.164 e. The lowest BCUT2D eigenvalue weighted by Gasteiger charge is -2.09. The summed E-state index contributed by atoms with van der Waals surface area (Å²) in [6.45, 7) is 0. The maximum atomic E-state index is 6.10. The van der Waals surface area contributed by atoms with E-state index in [0.29, 0.717) is 22.6 Å². The van der Waals surface area contributed by atoms with Crippen LogP contribution in [0.25, 0.3) is 45.3 Å². The minimum absolute atomic E-state index is 0.396. The second-order valence-corrected chi connectivity index (χ2v) is 7.37. The van der Waals surface area contributed by atoms with E-state index >= 15 is 0 Å². The third-order valence-corrected chi connectivity index (χ3v) is 5.11. The minimum Gasteiger partial charge on any atom is -0.245 e. The van der Waals surface area contributed by atoms with Crippen LogP contribution in [0, 0.1) is 0 Å². The highest BCUT2D eigenvalue weighted by Gasteiger charge is 2.12. The number of pyridine rings is 1. The van der Waals surface area contributed by atoms with Gasteiger partial charge in [-0.05, 0) is 23.3 Å². The molecule has 0 aliphatic rings. The van der Waals surface area contributed by atoms with Gasteiger partial charge in [0.25, 0.3) is 0 Å². The molecule has 5 rings (SSSR count). The van der Waals surface area contributed by atoms with Crippen molar-refractivity contribution in [2.24, 2.45) is 0 Å². The first-order valence-electron chi connectivity index (χ1n) is 9.85. The fraction of sp³-hybridized carbons (Fsp3) is 0. The molecular weight excluding hydrogens is 404 g/mol. The Labute approximate surface area is 185 Å². The fourth-order valence-corrected chi connectivity index (χ4v) is 3.51. The molecule has 0 atom stereocenters. The second kappa shape index (κ2) is 8.46. The van der Waals surface area contributed by atoms with E-state index in [9.17, 15) is 0 Å². The first-order chi connectivity index (χ1) is 15.3. The van der Waals surface area contributed by atoms with Gasteiger partial charge in [0, 0.05) is 22.9 Å². The quantitative estimate of drug-likeness (QED) is 0.308. The van der Waals surface area contributed by atoms with Crippen molar-refractivity contribution in [2.75, 3.05) is 0 Å². The summed E-state index contributed by atoms with van der Waals surface area (Å²) in [5.74, 6) is 1.78. The average molecular weight is 421 g/mol. The Balaban J connectivity index is 1.61. The van der Waals surface area contributed by atoms with Crippen molar-refractivity contribution in [3.8, 4) is 45.3 Å². The van der Waals surface area contributed by atoms with Crippen LogP contribution in [-0.2, 0) is 0 Å². The van der Waals surface area contributed by atoms with Crippen LogP contribution in [0.3, 0.4) is 0 Å². The molecule has 0 spiro atoms. The Morgan fingerprint density at radius 1 is 0.452 bits per heavy atom. The Kier molecular flexibility index (Phi) is 5.21. The normalized spacial score (nSPS) is 10.7. The summed E-state index contributed by atoms with van der Waals surface area (Å²) in [7, 11) is 0. The predicted molar refractivity (Wildman–Crippen MR) is 124 cm³/mol. The molecule has 5 aromatic rings. The maximum Gasteiger partial charge on any atom is 0.164 e. The molecular formula is C26H17ClN4. The number of aromatic nitrogens is 4. The fourth-order valence-electron chi connectivity index (χ4n) is 3.33. The van der Waals surface area contributed by atoms with Gasteiger partial charge in [0.15, 0.2) is 17.5 Å². The molecule has 3 aromatic carbocycles. The zero-order valence-corrected chi connectivity index (χ0v) is 17.2. The Morgan fingerprint density at radius 2 is 0.903 bits per heavy atom. The molecule has 0 N–H and O–H groups in total. The summed E-state index contributed by atoms with van der Waals surface area (Å²) in [4.78, 5) is 18.2. The summed E-state index contributed by atoms with van der Waals surface area (Å²) in [5.41, 5.74) is 4.94. The number of halogens is 1. The second-order valence-electron chi connectivity index (χ2n) is 6.98. The number of rotatable bonds is 4. The van der Waals surface area contributed by atoms with Crippen molar-refractivity contribution < 1.29 is 0 Å². The molecule has 2 heterocycles. The van der Waals surface area contributed by atoms with Crippen LogP contribution in [0.4, 0.5) is 0 Å². The number of hydrogen-bond acceptors (Lipinski definition) is 4. The SMILES string of the molecule is Clc1cc(-c2nc(-c3ccccc3)nc(-c3ccc(-c4ccccc4)cc3)n2)ccn1. The van der Waals surface area contributed by atoms with Crippen molar-refractivity contribution in [2.45, 2.75) is 0 Å². The van der Waals surface area contributed by atoms with E-state index in [1.807, 2.05) is 66.7 Å². The van der Waals surface area contributed by atoms with E-state index in [2.05, 4.69) is 29.2 Å². The van der Waals surface area contributed by atoms with Crippen LogP contribution in [-0.4, -0.2) is 19.9 Å². The molecule has 0 aliphatic heterocycles. The summed E-state index contributed by atoms with van der Waals surface area (Å²) in [5, 5.41) is 0.396. The molecule has 2 aromatic heterocycles. The van der Waals surface area contributed by atoms with Crippen LogP contribution in [0.5, 0.6) is 0 Å². The molecule has 0 radical (unpaired) electrons. The van der Waals surface area contributed by atoms with Crippen molar-refractivity contribution in [1.29, 1.82) is 0 Å². The molecule has 0 saturated carbocycles. The van der Waals surface area contributed by atoms with Gasteiger partial charge in [0.1, 0.15) is 5.15 Å². The van der Waals surface area contributed by atoms with E-state index in [4.69, 9.17) is 26.6 Å². The van der Waals surface area contributed by atoms with Crippen molar-refractivity contribution in [3.63, 3.8) is 0 Å². The summed E-state index contributed by atoms with van der Waals surface area (Å²) in [6, 6.07) is 32.0.